The van der Waals surface area contributed by atoms with Crippen LogP contribution in [-0.2, 0) is 9.53 Å². The molecule has 0 unspecified atom stereocenters. The summed E-state index contributed by atoms with van der Waals surface area (Å²) in [6, 6.07) is 0. The number of alkyl carbamates (subject to hydrolysis) is 1. The van der Waals surface area contributed by atoms with E-state index in [1.54, 1.807) is 13.8 Å². The largest absolute Gasteiger partial charge is 0.481 e. The minimum absolute atomic E-state index is 0.0276. The number of carboxylic acid groups (broad SMARTS) is 1. The molecule has 98 valence electrons. The van der Waals surface area contributed by atoms with Gasteiger partial charge in [-0.2, -0.15) is 0 Å². The van der Waals surface area contributed by atoms with Crippen LogP contribution >= 0.6 is 0 Å². The molecule has 0 aliphatic heterocycles. The topological polar surface area (TPSA) is 75.6 Å². The first-order chi connectivity index (χ1) is 7.93. The zero-order chi connectivity index (χ0) is 12.9. The third-order valence-electron chi connectivity index (χ3n) is 3.01. The molecule has 1 aliphatic carbocycles. The van der Waals surface area contributed by atoms with Crippen LogP contribution in [0.25, 0.3) is 0 Å². The molecule has 5 nitrogen and oxygen atoms in total. The molecule has 0 bridgehead atoms. The number of nitrogens with one attached hydrogen (secondary N) is 1. The van der Waals surface area contributed by atoms with E-state index in [1.165, 1.54) is 0 Å². The molecule has 0 radical (unpaired) electrons. The summed E-state index contributed by atoms with van der Waals surface area (Å²) in [6.45, 7) is 3.54. The maximum atomic E-state index is 11.6. The summed E-state index contributed by atoms with van der Waals surface area (Å²) in [5, 5.41) is 11.7. The Balaban J connectivity index is 2.62. The third-order valence-corrected chi connectivity index (χ3v) is 3.01. The van der Waals surface area contributed by atoms with Crippen LogP contribution in [0.1, 0.15) is 52.4 Å². The van der Waals surface area contributed by atoms with Gasteiger partial charge < -0.3 is 15.2 Å². The standard InChI is InChI=1S/C12H21NO4/c1-9(2)17-11(16)13-12(8-10(14)15)6-4-3-5-7-12/h9H,3-8H2,1-2H3,(H,13,16)(H,14,15). The minimum atomic E-state index is -0.878. The molecule has 1 amide bonds. The molecule has 0 aromatic rings. The van der Waals surface area contributed by atoms with E-state index in [0.29, 0.717) is 12.8 Å². The Labute approximate surface area is 102 Å². The zero-order valence-electron chi connectivity index (χ0n) is 10.5. The number of hydrogen-bond acceptors (Lipinski definition) is 3. The molecule has 1 aliphatic rings. The summed E-state index contributed by atoms with van der Waals surface area (Å²) in [5.41, 5.74) is -0.615. The molecule has 5 heteroatoms. The number of carbonyl (C=O) groups excluding carboxylic acids is 1. The van der Waals surface area contributed by atoms with E-state index in [0.717, 1.165) is 19.3 Å². The van der Waals surface area contributed by atoms with Gasteiger partial charge in [0.2, 0.25) is 0 Å². The molecule has 1 rings (SSSR count). The normalized spacial score (nSPS) is 18.8. The Hall–Kier alpha value is -1.26. The fraction of sp³-hybridized carbons (Fsp3) is 0.833. The molecule has 1 fully saturated rings. The van der Waals surface area contributed by atoms with Crippen molar-refractivity contribution in [3.8, 4) is 0 Å². The highest BCUT2D eigenvalue weighted by atomic mass is 16.6. The first-order valence-electron chi connectivity index (χ1n) is 6.14. The van der Waals surface area contributed by atoms with E-state index in [9.17, 15) is 9.59 Å². The van der Waals surface area contributed by atoms with Crippen LogP contribution in [0.4, 0.5) is 4.79 Å². The molecule has 1 saturated carbocycles. The second kappa shape index (κ2) is 5.89. The Kier molecular flexibility index (Phi) is 4.78. The molecule has 0 atom stereocenters. The van der Waals surface area contributed by atoms with Crippen LogP contribution in [0.2, 0.25) is 0 Å². The van der Waals surface area contributed by atoms with Crippen molar-refractivity contribution in [2.24, 2.45) is 0 Å². The summed E-state index contributed by atoms with van der Waals surface area (Å²) in [4.78, 5) is 22.5. The lowest BCUT2D eigenvalue weighted by molar-refractivity contribution is -0.139. The van der Waals surface area contributed by atoms with Crippen LogP contribution in [-0.4, -0.2) is 28.8 Å². The van der Waals surface area contributed by atoms with Crippen molar-refractivity contribution in [2.45, 2.75) is 64.0 Å². The summed E-state index contributed by atoms with van der Waals surface area (Å²) in [6.07, 6.45) is 3.70. The van der Waals surface area contributed by atoms with Gasteiger partial charge in [0.15, 0.2) is 0 Å². The summed E-state index contributed by atoms with van der Waals surface area (Å²) >= 11 is 0. The summed E-state index contributed by atoms with van der Waals surface area (Å²) in [7, 11) is 0. The first kappa shape index (κ1) is 13.8. The number of carbonyl (C=O) groups is 2. The van der Waals surface area contributed by atoms with Crippen molar-refractivity contribution in [1.82, 2.24) is 5.32 Å². The highest BCUT2D eigenvalue weighted by molar-refractivity contribution is 5.72. The highest BCUT2D eigenvalue weighted by Crippen LogP contribution is 2.31. The molecular formula is C12H21NO4. The molecule has 0 heterocycles. The van der Waals surface area contributed by atoms with E-state index in [2.05, 4.69) is 5.32 Å². The van der Waals surface area contributed by atoms with Gasteiger partial charge >= 0.3 is 12.1 Å². The number of ether oxygens (including phenoxy) is 1. The Morgan fingerprint density at radius 2 is 1.88 bits per heavy atom. The van der Waals surface area contributed by atoms with Crippen LogP contribution in [0.15, 0.2) is 0 Å². The second-order valence-corrected chi connectivity index (χ2v) is 4.99. The van der Waals surface area contributed by atoms with E-state index in [-0.39, 0.29) is 12.5 Å². The van der Waals surface area contributed by atoms with Crippen LogP contribution in [0.5, 0.6) is 0 Å². The van der Waals surface area contributed by atoms with Crippen molar-refractivity contribution in [1.29, 1.82) is 0 Å². The van der Waals surface area contributed by atoms with E-state index >= 15 is 0 Å². The van der Waals surface area contributed by atoms with Gasteiger partial charge in [0.1, 0.15) is 0 Å². The number of carboxylic acids is 1. The van der Waals surface area contributed by atoms with Crippen molar-refractivity contribution < 1.29 is 19.4 Å². The van der Waals surface area contributed by atoms with Gasteiger partial charge in [-0.3, -0.25) is 4.79 Å². The number of aliphatic carboxylic acids is 1. The predicted octanol–water partition coefficient (Wildman–Crippen LogP) is 2.30. The molecule has 0 aromatic carbocycles. The molecule has 0 spiro atoms. The fourth-order valence-corrected chi connectivity index (χ4v) is 2.32. The van der Waals surface area contributed by atoms with Gasteiger partial charge in [-0.15, -0.1) is 0 Å². The summed E-state index contributed by atoms with van der Waals surface area (Å²) < 4.78 is 5.02. The van der Waals surface area contributed by atoms with Crippen LogP contribution < -0.4 is 5.32 Å². The van der Waals surface area contributed by atoms with Crippen molar-refractivity contribution in [2.75, 3.05) is 0 Å². The van der Waals surface area contributed by atoms with E-state index < -0.39 is 17.6 Å². The molecule has 0 aromatic heterocycles. The Morgan fingerprint density at radius 3 is 2.35 bits per heavy atom. The monoisotopic (exact) mass is 243 g/mol. The average Bonchev–Trinajstić information content (AvgIpc) is 2.15. The van der Waals surface area contributed by atoms with E-state index in [4.69, 9.17) is 9.84 Å². The molecule has 17 heavy (non-hydrogen) atoms. The Bertz CT molecular complexity index is 282. The quantitative estimate of drug-likeness (QED) is 0.794. The van der Waals surface area contributed by atoms with Crippen molar-refractivity contribution >= 4 is 12.1 Å². The van der Waals surface area contributed by atoms with Crippen molar-refractivity contribution in [3.63, 3.8) is 0 Å². The Morgan fingerprint density at radius 1 is 1.29 bits per heavy atom. The van der Waals surface area contributed by atoms with Gasteiger partial charge in [0, 0.05) is 0 Å². The van der Waals surface area contributed by atoms with Crippen LogP contribution in [0.3, 0.4) is 0 Å². The number of rotatable bonds is 4. The minimum Gasteiger partial charge on any atom is -0.481 e. The van der Waals surface area contributed by atoms with Gasteiger partial charge in [0.25, 0.3) is 0 Å². The molecule has 0 saturated heterocycles. The SMILES string of the molecule is CC(C)OC(=O)NC1(CC(=O)O)CCCCC1. The smallest absolute Gasteiger partial charge is 0.407 e. The zero-order valence-corrected chi connectivity index (χ0v) is 10.5. The molecular weight excluding hydrogens is 222 g/mol. The lowest BCUT2D eigenvalue weighted by Gasteiger charge is -2.36. The summed E-state index contributed by atoms with van der Waals surface area (Å²) in [5.74, 6) is -0.878. The lowest BCUT2D eigenvalue weighted by Crippen LogP contribution is -2.51. The third kappa shape index (κ3) is 4.63. The van der Waals surface area contributed by atoms with Gasteiger partial charge in [-0.1, -0.05) is 19.3 Å². The predicted molar refractivity (Wildman–Crippen MR) is 62.8 cm³/mol. The van der Waals surface area contributed by atoms with E-state index in [1.807, 2.05) is 0 Å². The van der Waals surface area contributed by atoms with Gasteiger partial charge in [0.05, 0.1) is 18.1 Å². The average molecular weight is 243 g/mol. The number of amides is 1. The molecule has 2 N–H and O–H groups in total. The van der Waals surface area contributed by atoms with Crippen molar-refractivity contribution in [3.05, 3.63) is 0 Å². The maximum Gasteiger partial charge on any atom is 0.407 e. The lowest BCUT2D eigenvalue weighted by atomic mass is 9.79. The number of hydrogen-bond donors (Lipinski definition) is 2. The fourth-order valence-electron chi connectivity index (χ4n) is 2.32. The maximum absolute atomic E-state index is 11.6. The van der Waals surface area contributed by atoms with Crippen LogP contribution in [0, 0.1) is 0 Å². The van der Waals surface area contributed by atoms with Gasteiger partial charge in [-0.05, 0) is 26.7 Å². The second-order valence-electron chi connectivity index (χ2n) is 4.99. The highest BCUT2D eigenvalue weighted by Gasteiger charge is 2.36. The first-order valence-corrected chi connectivity index (χ1v) is 6.14. The van der Waals surface area contributed by atoms with Gasteiger partial charge in [-0.25, -0.2) is 4.79 Å².